The quantitative estimate of drug-likeness (QED) is 0.868. The first-order valence-corrected chi connectivity index (χ1v) is 9.25. The molecule has 1 amide bonds. The second-order valence-corrected chi connectivity index (χ2v) is 7.91. The molecule has 5 nitrogen and oxygen atoms in total. The lowest BCUT2D eigenvalue weighted by Crippen LogP contribution is -2.66. The lowest BCUT2D eigenvalue weighted by Gasteiger charge is -2.54. The summed E-state index contributed by atoms with van der Waals surface area (Å²) in [6, 6.07) is 14.0. The van der Waals surface area contributed by atoms with Crippen LogP contribution < -0.4 is 5.32 Å². The topological polar surface area (TPSA) is 75.6 Å². The summed E-state index contributed by atoms with van der Waals surface area (Å²) >= 11 is 0. The van der Waals surface area contributed by atoms with Crippen LogP contribution in [0.15, 0.2) is 48.5 Å². The van der Waals surface area contributed by atoms with E-state index in [-0.39, 0.29) is 29.0 Å². The first-order chi connectivity index (χ1) is 12.9. The van der Waals surface area contributed by atoms with Crippen LogP contribution in [-0.4, -0.2) is 35.7 Å². The van der Waals surface area contributed by atoms with E-state index in [0.29, 0.717) is 22.6 Å². The molecular weight excluding hydrogens is 342 g/mol. The lowest BCUT2D eigenvalue weighted by atomic mass is 9.57. The number of aromatic carboxylic acids is 1. The molecule has 0 radical (unpaired) electrons. The third kappa shape index (κ3) is 2.82. The normalized spacial score (nSPS) is 25.3. The molecule has 4 rings (SSSR count). The predicted octanol–water partition coefficient (Wildman–Crippen LogP) is 3.60. The second kappa shape index (κ2) is 6.50. The molecule has 0 spiro atoms. The van der Waals surface area contributed by atoms with Crippen LogP contribution in [0.2, 0.25) is 0 Å². The predicted molar refractivity (Wildman–Crippen MR) is 102 cm³/mol. The Kier molecular flexibility index (Phi) is 4.27. The van der Waals surface area contributed by atoms with Gasteiger partial charge in [-0.2, -0.15) is 0 Å². The van der Waals surface area contributed by atoms with Crippen molar-refractivity contribution in [3.8, 4) is 11.1 Å². The van der Waals surface area contributed by atoms with Crippen LogP contribution in [0, 0.1) is 11.3 Å². The van der Waals surface area contributed by atoms with Crippen LogP contribution in [0.25, 0.3) is 11.1 Å². The average Bonchev–Trinajstić information content (AvgIpc) is 3.13. The van der Waals surface area contributed by atoms with E-state index in [1.54, 1.807) is 42.5 Å². The van der Waals surface area contributed by atoms with E-state index < -0.39 is 5.97 Å². The zero-order valence-electron chi connectivity index (χ0n) is 15.4. The van der Waals surface area contributed by atoms with Gasteiger partial charge in [0.15, 0.2) is 0 Å². The maximum Gasteiger partial charge on any atom is 0.336 e. The summed E-state index contributed by atoms with van der Waals surface area (Å²) in [5.41, 5.74) is 1.75. The maximum atomic E-state index is 13.1. The van der Waals surface area contributed by atoms with E-state index in [2.05, 4.69) is 19.2 Å². The molecule has 1 aliphatic heterocycles. The molecule has 3 atom stereocenters. The van der Waals surface area contributed by atoms with Crippen molar-refractivity contribution in [3.63, 3.8) is 0 Å². The third-order valence-electron chi connectivity index (χ3n) is 6.01. The number of ether oxygens (including phenoxy) is 1. The SMILES string of the molecule is CC1(C)C(NC(=O)c2ccccc2-c2ccccc2C(=O)O)C2CCOC21. The fourth-order valence-electron chi connectivity index (χ4n) is 4.66. The first-order valence-electron chi connectivity index (χ1n) is 9.25. The highest BCUT2D eigenvalue weighted by molar-refractivity contribution is 6.04. The highest BCUT2D eigenvalue weighted by atomic mass is 16.5. The fourth-order valence-corrected chi connectivity index (χ4v) is 4.66. The van der Waals surface area contributed by atoms with Crippen molar-refractivity contribution in [2.75, 3.05) is 6.61 Å². The lowest BCUT2D eigenvalue weighted by molar-refractivity contribution is -0.108. The zero-order valence-corrected chi connectivity index (χ0v) is 15.4. The van der Waals surface area contributed by atoms with Crippen LogP contribution in [0.5, 0.6) is 0 Å². The Labute approximate surface area is 158 Å². The van der Waals surface area contributed by atoms with Crippen LogP contribution >= 0.6 is 0 Å². The Bertz CT molecular complexity index is 905. The molecule has 2 aromatic carbocycles. The average molecular weight is 365 g/mol. The molecular formula is C22H23NO4. The van der Waals surface area contributed by atoms with Crippen molar-refractivity contribution in [2.24, 2.45) is 11.3 Å². The minimum atomic E-state index is -1.01. The van der Waals surface area contributed by atoms with Gasteiger partial charge in [0.1, 0.15) is 0 Å². The molecule has 2 fully saturated rings. The molecule has 1 heterocycles. The molecule has 5 heteroatoms. The third-order valence-corrected chi connectivity index (χ3v) is 6.01. The second-order valence-electron chi connectivity index (χ2n) is 7.91. The number of benzene rings is 2. The number of nitrogens with one attached hydrogen (secondary N) is 1. The number of amides is 1. The number of carbonyl (C=O) groups excluding carboxylic acids is 1. The molecule has 0 bridgehead atoms. The number of hydrogen-bond acceptors (Lipinski definition) is 3. The molecule has 2 N–H and O–H groups in total. The minimum absolute atomic E-state index is 0.0558. The van der Waals surface area contributed by atoms with Gasteiger partial charge in [0.25, 0.3) is 5.91 Å². The van der Waals surface area contributed by atoms with E-state index in [9.17, 15) is 14.7 Å². The van der Waals surface area contributed by atoms with Crippen molar-refractivity contribution in [2.45, 2.75) is 32.4 Å². The largest absolute Gasteiger partial charge is 0.478 e. The minimum Gasteiger partial charge on any atom is -0.478 e. The van der Waals surface area contributed by atoms with Gasteiger partial charge < -0.3 is 15.2 Å². The van der Waals surface area contributed by atoms with Gasteiger partial charge in [-0.15, -0.1) is 0 Å². The summed E-state index contributed by atoms with van der Waals surface area (Å²) in [4.78, 5) is 24.7. The summed E-state index contributed by atoms with van der Waals surface area (Å²) in [5, 5.41) is 12.7. The van der Waals surface area contributed by atoms with Crippen molar-refractivity contribution >= 4 is 11.9 Å². The van der Waals surface area contributed by atoms with Crippen molar-refractivity contribution < 1.29 is 19.4 Å². The Morgan fingerprint density at radius 1 is 1.04 bits per heavy atom. The van der Waals surface area contributed by atoms with E-state index >= 15 is 0 Å². The van der Waals surface area contributed by atoms with Crippen LogP contribution in [0.1, 0.15) is 41.0 Å². The van der Waals surface area contributed by atoms with Gasteiger partial charge in [-0.1, -0.05) is 50.2 Å². The van der Waals surface area contributed by atoms with Gasteiger partial charge >= 0.3 is 5.97 Å². The van der Waals surface area contributed by atoms with Crippen LogP contribution in [0.4, 0.5) is 0 Å². The molecule has 1 aliphatic carbocycles. The standard InChI is InChI=1S/C22H23NO4/c1-22(2)18(17-11-12-27-19(17)22)23-20(24)15-9-5-3-7-13(15)14-8-4-6-10-16(14)21(25)26/h3-10,17-19H,11-12H2,1-2H3,(H,23,24)(H,25,26). The van der Waals surface area contributed by atoms with Crippen molar-refractivity contribution in [3.05, 3.63) is 59.7 Å². The number of carboxylic acid groups (broad SMARTS) is 1. The monoisotopic (exact) mass is 365 g/mol. The molecule has 3 unspecified atom stereocenters. The number of carboxylic acids is 1. The molecule has 27 heavy (non-hydrogen) atoms. The molecule has 1 saturated heterocycles. The van der Waals surface area contributed by atoms with Gasteiger partial charge in [-0.25, -0.2) is 4.79 Å². The first kappa shape index (κ1) is 17.7. The van der Waals surface area contributed by atoms with E-state index in [4.69, 9.17) is 4.74 Å². The molecule has 2 aliphatic rings. The summed E-state index contributed by atoms with van der Waals surface area (Å²) < 4.78 is 5.80. The number of hydrogen-bond donors (Lipinski definition) is 2. The summed E-state index contributed by atoms with van der Waals surface area (Å²) in [7, 11) is 0. The Balaban J connectivity index is 1.66. The van der Waals surface area contributed by atoms with Gasteiger partial charge in [-0.05, 0) is 29.7 Å². The number of fused-ring (bicyclic) bond motifs is 1. The highest BCUT2D eigenvalue weighted by Crippen LogP contribution is 2.52. The Morgan fingerprint density at radius 3 is 2.30 bits per heavy atom. The fraction of sp³-hybridized carbons (Fsp3) is 0.364. The molecule has 1 saturated carbocycles. The zero-order chi connectivity index (χ0) is 19.2. The van der Waals surface area contributed by atoms with Gasteiger partial charge in [0.05, 0.1) is 11.7 Å². The summed E-state index contributed by atoms with van der Waals surface area (Å²) in [6.45, 7) is 4.99. The van der Waals surface area contributed by atoms with Crippen molar-refractivity contribution in [1.29, 1.82) is 0 Å². The Hall–Kier alpha value is -2.66. The smallest absolute Gasteiger partial charge is 0.336 e. The Morgan fingerprint density at radius 2 is 1.63 bits per heavy atom. The van der Waals surface area contributed by atoms with E-state index in [1.165, 1.54) is 0 Å². The summed E-state index contributed by atoms with van der Waals surface area (Å²) in [6.07, 6.45) is 1.16. The van der Waals surface area contributed by atoms with Crippen LogP contribution in [-0.2, 0) is 4.74 Å². The maximum absolute atomic E-state index is 13.1. The van der Waals surface area contributed by atoms with Crippen LogP contribution in [0.3, 0.4) is 0 Å². The van der Waals surface area contributed by atoms with Crippen molar-refractivity contribution in [1.82, 2.24) is 5.32 Å². The molecule has 2 aromatic rings. The number of rotatable bonds is 4. The van der Waals surface area contributed by atoms with E-state index in [0.717, 1.165) is 13.0 Å². The number of carbonyl (C=O) groups is 2. The molecule has 140 valence electrons. The van der Waals surface area contributed by atoms with Gasteiger partial charge in [-0.3, -0.25) is 4.79 Å². The highest BCUT2D eigenvalue weighted by Gasteiger charge is 2.59. The van der Waals surface area contributed by atoms with Gasteiger partial charge in [0.2, 0.25) is 0 Å². The van der Waals surface area contributed by atoms with E-state index in [1.807, 2.05) is 6.07 Å². The summed E-state index contributed by atoms with van der Waals surface area (Å²) in [5.74, 6) is -0.830. The molecule has 0 aromatic heterocycles. The van der Waals surface area contributed by atoms with Gasteiger partial charge in [0, 0.05) is 29.5 Å².